The van der Waals surface area contributed by atoms with Gasteiger partial charge < -0.3 is 14.1 Å². The summed E-state index contributed by atoms with van der Waals surface area (Å²) >= 11 is 0. The first-order chi connectivity index (χ1) is 11.2. The fraction of sp³-hybridized carbons (Fsp3) is 0.667. The van der Waals surface area contributed by atoms with Gasteiger partial charge in [-0.2, -0.15) is 0 Å². The Morgan fingerprint density at radius 1 is 1.33 bits per heavy atom. The normalized spacial score (nSPS) is 17.6. The topological polar surface area (TPSA) is 51.7 Å². The Hall–Kier alpha value is -1.24. The second-order valence-electron chi connectivity index (χ2n) is 7.82. The molecule has 0 bridgehead atoms. The summed E-state index contributed by atoms with van der Waals surface area (Å²) in [6, 6.07) is 5.78. The lowest BCUT2D eigenvalue weighted by Gasteiger charge is -2.39. The van der Waals surface area contributed by atoms with Crippen LogP contribution in [0.15, 0.2) is 24.4 Å². The minimum absolute atomic E-state index is 0.0854. The monoisotopic (exact) mass is 350 g/mol. The van der Waals surface area contributed by atoms with E-state index in [-0.39, 0.29) is 17.0 Å². The van der Waals surface area contributed by atoms with Crippen molar-refractivity contribution in [1.82, 2.24) is 9.88 Å². The van der Waals surface area contributed by atoms with Crippen LogP contribution >= 0.6 is 0 Å². The van der Waals surface area contributed by atoms with E-state index in [0.717, 1.165) is 5.69 Å². The zero-order valence-electron chi connectivity index (χ0n) is 15.5. The quantitative estimate of drug-likeness (QED) is 0.764. The van der Waals surface area contributed by atoms with Crippen LogP contribution < -0.4 is 0 Å². The largest absolute Gasteiger partial charge is 0.408 e. The van der Waals surface area contributed by atoms with Gasteiger partial charge in [0.1, 0.15) is 0 Å². The second kappa shape index (κ2) is 7.76. The molecule has 1 saturated heterocycles. The van der Waals surface area contributed by atoms with Crippen molar-refractivity contribution in [3.05, 3.63) is 30.1 Å². The molecule has 5 nitrogen and oxygen atoms in total. The fourth-order valence-corrected chi connectivity index (χ4v) is 3.67. The minimum Gasteiger partial charge on any atom is -0.408 e. The smallest absolute Gasteiger partial charge is 0.225 e. The van der Waals surface area contributed by atoms with Crippen LogP contribution in [0.25, 0.3) is 0 Å². The molecule has 0 radical (unpaired) electrons. The Balaban J connectivity index is 2.16. The van der Waals surface area contributed by atoms with E-state index in [9.17, 15) is 4.79 Å². The van der Waals surface area contributed by atoms with Crippen molar-refractivity contribution in [2.75, 3.05) is 26.3 Å². The molecule has 0 saturated carbocycles. The number of pyridine rings is 1. The van der Waals surface area contributed by atoms with E-state index < -0.39 is 8.32 Å². The SMILES string of the molecule is CC(C)(C)[Si](C)(C)OC(CC(=O)N1CCOCC1)c1ccccn1. The van der Waals surface area contributed by atoms with E-state index in [1.165, 1.54) is 0 Å². The molecule has 0 aromatic carbocycles. The van der Waals surface area contributed by atoms with Gasteiger partial charge in [-0.15, -0.1) is 0 Å². The molecule has 1 aliphatic heterocycles. The molecule has 1 aromatic rings. The van der Waals surface area contributed by atoms with Gasteiger partial charge in [0.25, 0.3) is 0 Å². The van der Waals surface area contributed by atoms with Gasteiger partial charge in [-0.25, -0.2) is 0 Å². The highest BCUT2D eigenvalue weighted by Crippen LogP contribution is 2.40. The van der Waals surface area contributed by atoms with Crippen LogP contribution in [0.2, 0.25) is 18.1 Å². The molecule has 24 heavy (non-hydrogen) atoms. The van der Waals surface area contributed by atoms with Gasteiger partial charge in [-0.1, -0.05) is 26.8 Å². The third-order valence-corrected chi connectivity index (χ3v) is 9.47. The van der Waals surface area contributed by atoms with Crippen LogP contribution in [0.5, 0.6) is 0 Å². The minimum atomic E-state index is -2.00. The summed E-state index contributed by atoms with van der Waals surface area (Å²) in [6.45, 7) is 13.6. The Morgan fingerprint density at radius 3 is 2.54 bits per heavy atom. The van der Waals surface area contributed by atoms with Gasteiger partial charge in [0.15, 0.2) is 8.32 Å². The molecule has 2 heterocycles. The van der Waals surface area contributed by atoms with Crippen molar-refractivity contribution >= 4 is 14.2 Å². The van der Waals surface area contributed by atoms with Crippen molar-refractivity contribution < 1.29 is 14.0 Å². The molecular formula is C18H30N2O3Si. The molecule has 1 aliphatic rings. The first-order valence-corrected chi connectivity index (χ1v) is 11.6. The number of amides is 1. The van der Waals surface area contributed by atoms with Crippen molar-refractivity contribution in [1.29, 1.82) is 0 Å². The maximum Gasteiger partial charge on any atom is 0.225 e. The van der Waals surface area contributed by atoms with Crippen molar-refractivity contribution in [2.24, 2.45) is 0 Å². The summed E-state index contributed by atoms with van der Waals surface area (Å²) in [4.78, 5) is 19.0. The van der Waals surface area contributed by atoms with Gasteiger partial charge in [0, 0.05) is 19.3 Å². The Kier molecular flexibility index (Phi) is 6.17. The van der Waals surface area contributed by atoms with Crippen LogP contribution in [0.4, 0.5) is 0 Å². The molecule has 1 amide bonds. The standard InChI is InChI=1S/C18H30N2O3Si/c1-18(2,3)24(4,5)23-16(15-8-6-7-9-19-15)14-17(21)20-10-12-22-13-11-20/h6-9,16H,10-14H2,1-5H3. The summed E-state index contributed by atoms with van der Waals surface area (Å²) < 4.78 is 11.9. The number of carbonyl (C=O) groups excluding carboxylic acids is 1. The van der Waals surface area contributed by atoms with Gasteiger partial charge in [0.2, 0.25) is 5.91 Å². The van der Waals surface area contributed by atoms with E-state index in [1.54, 1.807) is 6.20 Å². The summed E-state index contributed by atoms with van der Waals surface area (Å²) in [7, 11) is -2.00. The molecule has 0 aliphatic carbocycles. The number of carbonyl (C=O) groups is 1. The highest BCUT2D eigenvalue weighted by Gasteiger charge is 2.40. The Bertz CT molecular complexity index is 537. The molecule has 0 spiro atoms. The molecule has 1 unspecified atom stereocenters. The third-order valence-electron chi connectivity index (χ3n) is 4.98. The predicted molar refractivity (Wildman–Crippen MR) is 97.3 cm³/mol. The maximum absolute atomic E-state index is 12.7. The number of hydrogen-bond donors (Lipinski definition) is 0. The molecule has 0 N–H and O–H groups in total. The molecular weight excluding hydrogens is 320 g/mol. The van der Waals surface area contributed by atoms with E-state index >= 15 is 0 Å². The first kappa shape index (κ1) is 19.1. The number of morpholine rings is 1. The average Bonchev–Trinajstić information content (AvgIpc) is 2.54. The highest BCUT2D eigenvalue weighted by atomic mass is 28.4. The Morgan fingerprint density at radius 2 is 2.00 bits per heavy atom. The molecule has 1 atom stereocenters. The lowest BCUT2D eigenvalue weighted by Crippen LogP contribution is -2.44. The van der Waals surface area contributed by atoms with Gasteiger partial charge in [0.05, 0.1) is 31.4 Å². The van der Waals surface area contributed by atoms with Crippen LogP contribution in [0.3, 0.4) is 0 Å². The lowest BCUT2D eigenvalue weighted by atomic mass is 10.1. The van der Waals surface area contributed by atoms with Crippen molar-refractivity contribution in [2.45, 2.75) is 51.4 Å². The summed E-state index contributed by atoms with van der Waals surface area (Å²) in [5.41, 5.74) is 0.837. The van der Waals surface area contributed by atoms with Gasteiger partial charge >= 0.3 is 0 Å². The maximum atomic E-state index is 12.7. The molecule has 6 heteroatoms. The lowest BCUT2D eigenvalue weighted by molar-refractivity contribution is -0.137. The average molecular weight is 351 g/mol. The molecule has 1 fully saturated rings. The number of nitrogens with zero attached hydrogens (tertiary/aromatic N) is 2. The summed E-state index contributed by atoms with van der Waals surface area (Å²) in [6.07, 6.45) is 1.81. The highest BCUT2D eigenvalue weighted by molar-refractivity contribution is 6.74. The second-order valence-corrected chi connectivity index (χ2v) is 12.6. The van der Waals surface area contributed by atoms with E-state index in [0.29, 0.717) is 32.7 Å². The predicted octanol–water partition coefficient (Wildman–Crippen LogP) is 3.39. The van der Waals surface area contributed by atoms with Crippen LogP contribution in [-0.2, 0) is 14.0 Å². The number of ether oxygens (including phenoxy) is 1. The van der Waals surface area contributed by atoms with Gasteiger partial charge in [-0.3, -0.25) is 9.78 Å². The Labute approximate surface area is 146 Å². The number of rotatable bonds is 5. The van der Waals surface area contributed by atoms with Crippen molar-refractivity contribution in [3.8, 4) is 0 Å². The number of aromatic nitrogens is 1. The molecule has 134 valence electrons. The van der Waals surface area contributed by atoms with E-state index in [2.05, 4.69) is 38.8 Å². The number of hydrogen-bond acceptors (Lipinski definition) is 4. The van der Waals surface area contributed by atoms with Crippen LogP contribution in [0, 0.1) is 0 Å². The molecule has 1 aromatic heterocycles. The van der Waals surface area contributed by atoms with E-state index in [4.69, 9.17) is 9.16 Å². The third kappa shape index (κ3) is 4.88. The van der Waals surface area contributed by atoms with Crippen molar-refractivity contribution in [3.63, 3.8) is 0 Å². The summed E-state index contributed by atoms with van der Waals surface area (Å²) in [5.74, 6) is 0.118. The zero-order chi connectivity index (χ0) is 17.8. The van der Waals surface area contributed by atoms with Crippen LogP contribution in [-0.4, -0.2) is 50.4 Å². The molecule has 2 rings (SSSR count). The first-order valence-electron chi connectivity index (χ1n) is 8.65. The summed E-state index contributed by atoms with van der Waals surface area (Å²) in [5, 5.41) is 0.0854. The van der Waals surface area contributed by atoms with Gasteiger partial charge in [-0.05, 0) is 30.3 Å². The zero-order valence-corrected chi connectivity index (χ0v) is 16.5. The van der Waals surface area contributed by atoms with Crippen LogP contribution in [0.1, 0.15) is 39.0 Å². The van der Waals surface area contributed by atoms with E-state index in [1.807, 2.05) is 23.1 Å². The fourth-order valence-electron chi connectivity index (χ4n) is 2.41.